The molecule has 0 saturated heterocycles. The smallest absolute Gasteiger partial charge is 0.325 e. The molecule has 0 aliphatic carbocycles. The average Bonchev–Trinajstić information content (AvgIpc) is 2.32. The third kappa shape index (κ3) is 6.03. The van der Waals surface area contributed by atoms with Gasteiger partial charge in [0.2, 0.25) is 0 Å². The Balaban J connectivity index is 4.18. The van der Waals surface area contributed by atoms with Crippen molar-refractivity contribution >= 4 is 5.97 Å². The van der Waals surface area contributed by atoms with E-state index in [1.54, 1.807) is 6.92 Å². The summed E-state index contributed by atoms with van der Waals surface area (Å²) in [6, 6.07) is 0. The molecule has 2 unspecified atom stereocenters. The minimum atomic E-state index is -0.877. The topological polar surface area (TPSA) is 55.6 Å². The fraction of sp³-hybridized carbons (Fsp3) is 0.923. The minimum Gasteiger partial charge on any atom is -0.468 e. The monoisotopic (exact) mass is 244 g/mol. The summed E-state index contributed by atoms with van der Waals surface area (Å²) >= 11 is 0. The number of hydrogen-bond acceptors (Lipinski definition) is 4. The van der Waals surface area contributed by atoms with E-state index in [4.69, 9.17) is 10.5 Å². The first-order chi connectivity index (χ1) is 7.87. The Bertz CT molecular complexity index is 229. The Kier molecular flexibility index (Phi) is 7.39. The van der Waals surface area contributed by atoms with Crippen molar-refractivity contribution in [3.05, 3.63) is 0 Å². The van der Waals surface area contributed by atoms with E-state index in [2.05, 4.69) is 25.7 Å². The average molecular weight is 244 g/mol. The highest BCUT2D eigenvalue weighted by Crippen LogP contribution is 2.11. The van der Waals surface area contributed by atoms with Crippen LogP contribution in [0.4, 0.5) is 0 Å². The molecule has 102 valence electrons. The number of rotatable bonds is 8. The molecule has 0 aliphatic heterocycles. The number of hydrogen-bond donors (Lipinski definition) is 1. The van der Waals surface area contributed by atoms with E-state index in [-0.39, 0.29) is 5.97 Å². The molecule has 4 heteroatoms. The van der Waals surface area contributed by atoms with Crippen LogP contribution in [0.25, 0.3) is 0 Å². The van der Waals surface area contributed by atoms with Gasteiger partial charge < -0.3 is 15.4 Å². The molecular formula is C13H28N2O2. The molecular weight excluding hydrogens is 216 g/mol. The van der Waals surface area contributed by atoms with E-state index < -0.39 is 5.54 Å². The van der Waals surface area contributed by atoms with Gasteiger partial charge >= 0.3 is 5.97 Å². The van der Waals surface area contributed by atoms with Crippen molar-refractivity contribution in [2.75, 3.05) is 26.7 Å². The van der Waals surface area contributed by atoms with Gasteiger partial charge in [0.25, 0.3) is 0 Å². The number of nitrogens with zero attached hydrogens (tertiary/aromatic N) is 1. The van der Waals surface area contributed by atoms with Crippen LogP contribution in [-0.4, -0.2) is 43.2 Å². The molecule has 0 bridgehead atoms. The number of carbonyl (C=O) groups is 1. The van der Waals surface area contributed by atoms with Crippen LogP contribution in [0, 0.1) is 5.92 Å². The molecule has 2 atom stereocenters. The fourth-order valence-electron chi connectivity index (χ4n) is 1.67. The van der Waals surface area contributed by atoms with Gasteiger partial charge in [0, 0.05) is 13.1 Å². The Morgan fingerprint density at radius 2 is 2.06 bits per heavy atom. The lowest BCUT2D eigenvalue weighted by Gasteiger charge is -2.28. The Hall–Kier alpha value is -0.610. The van der Waals surface area contributed by atoms with Gasteiger partial charge in [-0.05, 0) is 25.8 Å². The zero-order chi connectivity index (χ0) is 13.5. The van der Waals surface area contributed by atoms with Crippen molar-refractivity contribution in [1.82, 2.24) is 4.90 Å². The summed E-state index contributed by atoms with van der Waals surface area (Å²) in [5, 5.41) is 0. The normalized spacial score (nSPS) is 16.6. The number of carbonyl (C=O) groups excluding carboxylic acids is 1. The molecule has 0 aromatic heterocycles. The summed E-state index contributed by atoms with van der Waals surface area (Å²) in [4.78, 5) is 13.8. The largest absolute Gasteiger partial charge is 0.468 e. The van der Waals surface area contributed by atoms with Crippen molar-refractivity contribution in [1.29, 1.82) is 0 Å². The van der Waals surface area contributed by atoms with E-state index in [1.807, 2.05) is 0 Å². The molecule has 0 fully saturated rings. The molecule has 0 spiro atoms. The van der Waals surface area contributed by atoms with Crippen LogP contribution in [0.3, 0.4) is 0 Å². The third-order valence-corrected chi connectivity index (χ3v) is 3.31. The lowest BCUT2D eigenvalue weighted by atomic mass is 9.99. The van der Waals surface area contributed by atoms with E-state index in [1.165, 1.54) is 13.5 Å². The van der Waals surface area contributed by atoms with Crippen molar-refractivity contribution in [2.24, 2.45) is 11.7 Å². The number of nitrogens with two attached hydrogens (primary N) is 1. The Morgan fingerprint density at radius 3 is 2.47 bits per heavy atom. The van der Waals surface area contributed by atoms with Gasteiger partial charge in [-0.2, -0.15) is 0 Å². The van der Waals surface area contributed by atoms with Crippen LogP contribution in [-0.2, 0) is 9.53 Å². The maximum absolute atomic E-state index is 11.4. The highest BCUT2D eigenvalue weighted by Gasteiger charge is 2.29. The van der Waals surface area contributed by atoms with Gasteiger partial charge in [0.05, 0.1) is 7.11 Å². The van der Waals surface area contributed by atoms with Crippen molar-refractivity contribution in [3.8, 4) is 0 Å². The Labute approximate surface area is 105 Å². The number of methoxy groups -OCH3 is 1. The van der Waals surface area contributed by atoms with Crippen LogP contribution in [0.5, 0.6) is 0 Å². The lowest BCUT2D eigenvalue weighted by molar-refractivity contribution is -0.146. The minimum absolute atomic E-state index is 0.336. The molecule has 2 N–H and O–H groups in total. The molecule has 0 radical (unpaired) electrons. The first-order valence-electron chi connectivity index (χ1n) is 6.47. The van der Waals surface area contributed by atoms with E-state index in [9.17, 15) is 4.79 Å². The van der Waals surface area contributed by atoms with Gasteiger partial charge in [-0.25, -0.2) is 0 Å². The lowest BCUT2D eigenvalue weighted by Crippen LogP contribution is -2.48. The molecule has 0 aromatic carbocycles. The summed E-state index contributed by atoms with van der Waals surface area (Å²) in [5.74, 6) is 0.342. The van der Waals surface area contributed by atoms with Gasteiger partial charge in [-0.1, -0.05) is 27.2 Å². The number of ether oxygens (including phenoxy) is 1. The van der Waals surface area contributed by atoms with Gasteiger partial charge in [0.15, 0.2) is 0 Å². The van der Waals surface area contributed by atoms with Crippen LogP contribution >= 0.6 is 0 Å². The second kappa shape index (κ2) is 7.67. The summed E-state index contributed by atoms with van der Waals surface area (Å²) in [7, 11) is 1.38. The van der Waals surface area contributed by atoms with Crippen LogP contribution in [0.1, 0.15) is 40.5 Å². The molecule has 0 rings (SSSR count). The first-order valence-corrected chi connectivity index (χ1v) is 6.47. The second-order valence-corrected chi connectivity index (χ2v) is 5.07. The van der Waals surface area contributed by atoms with Gasteiger partial charge in [-0.15, -0.1) is 0 Å². The summed E-state index contributed by atoms with van der Waals surface area (Å²) in [5.41, 5.74) is 5.06. The van der Waals surface area contributed by atoms with E-state index in [0.717, 1.165) is 19.6 Å². The maximum atomic E-state index is 11.4. The molecule has 0 heterocycles. The summed E-state index contributed by atoms with van der Waals surface area (Å²) in [6.45, 7) is 11.2. The van der Waals surface area contributed by atoms with Crippen LogP contribution < -0.4 is 5.73 Å². The summed E-state index contributed by atoms with van der Waals surface area (Å²) < 4.78 is 4.70. The maximum Gasteiger partial charge on any atom is 0.325 e. The van der Waals surface area contributed by atoms with Crippen LogP contribution in [0.2, 0.25) is 0 Å². The third-order valence-electron chi connectivity index (χ3n) is 3.31. The standard InChI is InChI=1S/C13H28N2O2/c1-6-11(3)10-15(7-2)9-8-13(4,14)12(16)17-5/h11H,6-10,14H2,1-5H3. The van der Waals surface area contributed by atoms with E-state index >= 15 is 0 Å². The highest BCUT2D eigenvalue weighted by molar-refractivity contribution is 5.79. The second-order valence-electron chi connectivity index (χ2n) is 5.07. The zero-order valence-corrected chi connectivity index (χ0v) is 12.0. The molecule has 0 aromatic rings. The van der Waals surface area contributed by atoms with Crippen LogP contribution in [0.15, 0.2) is 0 Å². The van der Waals surface area contributed by atoms with Crippen molar-refractivity contribution < 1.29 is 9.53 Å². The molecule has 0 amide bonds. The Morgan fingerprint density at radius 1 is 1.47 bits per heavy atom. The number of esters is 1. The molecule has 4 nitrogen and oxygen atoms in total. The zero-order valence-electron chi connectivity index (χ0n) is 12.0. The molecule has 0 aliphatic rings. The highest BCUT2D eigenvalue weighted by atomic mass is 16.5. The SMILES string of the molecule is CCC(C)CN(CC)CCC(C)(N)C(=O)OC. The van der Waals surface area contributed by atoms with Crippen molar-refractivity contribution in [3.63, 3.8) is 0 Å². The van der Waals surface area contributed by atoms with Gasteiger partial charge in [0.1, 0.15) is 5.54 Å². The summed E-state index contributed by atoms with van der Waals surface area (Å²) in [6.07, 6.45) is 1.80. The molecule has 0 saturated carbocycles. The van der Waals surface area contributed by atoms with Crippen molar-refractivity contribution in [2.45, 2.75) is 46.1 Å². The fourth-order valence-corrected chi connectivity index (χ4v) is 1.67. The molecule has 17 heavy (non-hydrogen) atoms. The predicted molar refractivity (Wildman–Crippen MR) is 70.8 cm³/mol. The van der Waals surface area contributed by atoms with Gasteiger partial charge in [-0.3, -0.25) is 4.79 Å². The predicted octanol–water partition coefficient (Wildman–Crippen LogP) is 1.63. The quantitative estimate of drug-likeness (QED) is 0.659. The van der Waals surface area contributed by atoms with E-state index in [0.29, 0.717) is 12.3 Å². The first kappa shape index (κ1) is 16.4.